The molecular weight excluding hydrogens is 560 g/mol. The molecular formula is C44H28O2. The summed E-state index contributed by atoms with van der Waals surface area (Å²) >= 11 is 0. The molecule has 0 radical (unpaired) electrons. The Bertz CT molecular complexity index is 2660. The second kappa shape index (κ2) is 9.57. The lowest BCUT2D eigenvalue weighted by Crippen LogP contribution is -2.07. The van der Waals surface area contributed by atoms with Crippen molar-refractivity contribution in [1.29, 1.82) is 0 Å². The first-order valence-electron chi connectivity index (χ1n) is 15.9. The number of rotatable bonds is 2. The summed E-state index contributed by atoms with van der Waals surface area (Å²) in [5.74, 6) is 1.89. The monoisotopic (exact) mass is 588 g/mol. The quantitative estimate of drug-likeness (QED) is 0.187. The maximum Gasteiger partial charge on any atom is 0.178 e. The summed E-state index contributed by atoms with van der Waals surface area (Å²) in [6, 6.07) is 52.5. The van der Waals surface area contributed by atoms with Gasteiger partial charge in [0.25, 0.3) is 0 Å². The Labute approximate surface area is 266 Å². The fourth-order valence-corrected chi connectivity index (χ4v) is 7.63. The molecule has 2 nitrogen and oxygen atoms in total. The highest BCUT2D eigenvalue weighted by Gasteiger charge is 2.28. The van der Waals surface area contributed by atoms with E-state index in [-0.39, 0.29) is 5.92 Å². The van der Waals surface area contributed by atoms with Gasteiger partial charge in [0, 0.05) is 27.8 Å². The third-order valence-electron chi connectivity index (χ3n) is 9.96. The summed E-state index contributed by atoms with van der Waals surface area (Å²) < 4.78 is 12.9. The molecule has 46 heavy (non-hydrogen) atoms. The number of ether oxygens (including phenoxy) is 1. The fourth-order valence-electron chi connectivity index (χ4n) is 7.63. The average Bonchev–Trinajstić information content (AvgIpc) is 3.51. The highest BCUT2D eigenvalue weighted by molar-refractivity contribution is 6.25. The first-order chi connectivity index (χ1) is 22.7. The van der Waals surface area contributed by atoms with Crippen molar-refractivity contribution in [3.05, 3.63) is 157 Å². The van der Waals surface area contributed by atoms with Crippen LogP contribution in [-0.4, -0.2) is 0 Å². The number of hydrogen-bond donors (Lipinski definition) is 0. The lowest BCUT2D eigenvalue weighted by Gasteiger charge is -2.26. The molecule has 8 aromatic carbocycles. The number of para-hydroxylation sites is 1. The molecule has 1 atom stereocenters. The molecule has 0 N–H and O–H groups in total. The highest BCUT2D eigenvalue weighted by atomic mass is 16.5. The minimum absolute atomic E-state index is 0.170. The van der Waals surface area contributed by atoms with Crippen LogP contribution in [0.4, 0.5) is 0 Å². The van der Waals surface area contributed by atoms with E-state index >= 15 is 0 Å². The second-order valence-electron chi connectivity index (χ2n) is 12.5. The molecule has 0 saturated heterocycles. The van der Waals surface area contributed by atoms with Crippen molar-refractivity contribution < 1.29 is 9.15 Å². The van der Waals surface area contributed by atoms with Crippen molar-refractivity contribution >= 4 is 54.3 Å². The van der Waals surface area contributed by atoms with Crippen LogP contribution in [0, 0.1) is 0 Å². The lowest BCUT2D eigenvalue weighted by molar-refractivity contribution is 0.445. The van der Waals surface area contributed by atoms with Crippen molar-refractivity contribution in [2.24, 2.45) is 0 Å². The standard InChI is InChI=1S/C44H28O2/c1-26-31-20-21-38-37-15-6-7-16-41(37)45-44(38)43(31)46-42-22-18-30(24-39(26)42)28-10-8-9-27(23-28)29-17-19-36-34-13-3-2-11-32(34)33-12-4-5-14-35(33)40(36)25-29/h2-26H,1H3. The van der Waals surface area contributed by atoms with Gasteiger partial charge >= 0.3 is 0 Å². The molecule has 0 spiro atoms. The summed E-state index contributed by atoms with van der Waals surface area (Å²) in [5.41, 5.74) is 8.84. The van der Waals surface area contributed by atoms with Crippen LogP contribution >= 0.6 is 0 Å². The number of fused-ring (bicyclic) bond motifs is 12. The van der Waals surface area contributed by atoms with Crippen LogP contribution in [0.3, 0.4) is 0 Å². The molecule has 0 saturated carbocycles. The van der Waals surface area contributed by atoms with Gasteiger partial charge in [-0.1, -0.05) is 116 Å². The van der Waals surface area contributed by atoms with Crippen LogP contribution < -0.4 is 4.74 Å². The Hall–Kier alpha value is -5.86. The van der Waals surface area contributed by atoms with Crippen LogP contribution in [0.15, 0.2) is 150 Å². The molecule has 9 aromatic rings. The van der Waals surface area contributed by atoms with Crippen molar-refractivity contribution in [3.63, 3.8) is 0 Å². The van der Waals surface area contributed by atoms with Gasteiger partial charge in [-0.3, -0.25) is 0 Å². The average molecular weight is 589 g/mol. The van der Waals surface area contributed by atoms with Crippen molar-refractivity contribution in [2.45, 2.75) is 12.8 Å². The van der Waals surface area contributed by atoms with E-state index in [0.29, 0.717) is 0 Å². The molecule has 1 aliphatic heterocycles. The first kappa shape index (κ1) is 25.5. The van der Waals surface area contributed by atoms with Crippen LogP contribution in [0.2, 0.25) is 0 Å². The molecule has 0 bridgehead atoms. The predicted octanol–water partition coefficient (Wildman–Crippen LogP) is 12.6. The Morgan fingerprint density at radius 3 is 1.72 bits per heavy atom. The van der Waals surface area contributed by atoms with E-state index in [1.54, 1.807) is 0 Å². The van der Waals surface area contributed by atoms with Crippen molar-refractivity contribution in [2.75, 3.05) is 0 Å². The zero-order valence-electron chi connectivity index (χ0n) is 25.3. The number of benzene rings is 8. The summed E-state index contributed by atoms with van der Waals surface area (Å²) in [6.45, 7) is 2.26. The van der Waals surface area contributed by atoms with Crippen LogP contribution in [0.5, 0.6) is 11.5 Å². The first-order valence-corrected chi connectivity index (χ1v) is 15.9. The minimum atomic E-state index is 0.170. The van der Waals surface area contributed by atoms with Gasteiger partial charge < -0.3 is 9.15 Å². The van der Waals surface area contributed by atoms with E-state index in [4.69, 9.17) is 9.15 Å². The Kier molecular flexibility index (Phi) is 5.30. The van der Waals surface area contributed by atoms with Crippen LogP contribution in [0.1, 0.15) is 24.0 Å². The Morgan fingerprint density at radius 2 is 0.978 bits per heavy atom. The number of hydrogen-bond acceptors (Lipinski definition) is 2. The van der Waals surface area contributed by atoms with Gasteiger partial charge in [-0.05, 0) is 91.0 Å². The van der Waals surface area contributed by atoms with E-state index in [1.165, 1.54) is 60.1 Å². The van der Waals surface area contributed by atoms with Crippen LogP contribution in [-0.2, 0) is 0 Å². The van der Waals surface area contributed by atoms with Gasteiger partial charge in [0.2, 0.25) is 0 Å². The molecule has 1 aromatic heterocycles. The van der Waals surface area contributed by atoms with Gasteiger partial charge in [-0.25, -0.2) is 0 Å². The second-order valence-corrected chi connectivity index (χ2v) is 12.5. The zero-order valence-corrected chi connectivity index (χ0v) is 25.3. The van der Waals surface area contributed by atoms with E-state index < -0.39 is 0 Å². The third kappa shape index (κ3) is 3.64. The van der Waals surface area contributed by atoms with Crippen LogP contribution in [0.25, 0.3) is 76.5 Å². The van der Waals surface area contributed by atoms with E-state index in [0.717, 1.165) is 39.0 Å². The molecule has 1 unspecified atom stereocenters. The van der Waals surface area contributed by atoms with Gasteiger partial charge in [0.15, 0.2) is 11.3 Å². The van der Waals surface area contributed by atoms with E-state index in [9.17, 15) is 0 Å². The smallest absolute Gasteiger partial charge is 0.178 e. The molecule has 216 valence electrons. The Morgan fingerprint density at radius 1 is 0.413 bits per heavy atom. The number of furan rings is 1. The third-order valence-corrected chi connectivity index (χ3v) is 9.96. The molecule has 1 aliphatic rings. The summed E-state index contributed by atoms with van der Waals surface area (Å²) in [6.07, 6.45) is 0. The largest absolute Gasteiger partial charge is 0.453 e. The van der Waals surface area contributed by atoms with E-state index in [1.807, 2.05) is 12.1 Å². The molecule has 0 amide bonds. The predicted molar refractivity (Wildman–Crippen MR) is 191 cm³/mol. The lowest BCUT2D eigenvalue weighted by atomic mass is 9.87. The summed E-state index contributed by atoms with van der Waals surface area (Å²) in [5, 5.41) is 9.97. The zero-order chi connectivity index (χ0) is 30.4. The molecule has 10 rings (SSSR count). The highest BCUT2D eigenvalue weighted by Crippen LogP contribution is 2.49. The summed E-state index contributed by atoms with van der Waals surface area (Å²) in [4.78, 5) is 0. The molecule has 0 fully saturated rings. The van der Waals surface area contributed by atoms with Crippen molar-refractivity contribution in [3.8, 4) is 33.8 Å². The fraction of sp³-hybridized carbons (Fsp3) is 0.0455. The molecule has 2 heteroatoms. The van der Waals surface area contributed by atoms with Gasteiger partial charge in [0.05, 0.1) is 0 Å². The maximum absolute atomic E-state index is 6.59. The van der Waals surface area contributed by atoms with Gasteiger partial charge in [-0.15, -0.1) is 0 Å². The van der Waals surface area contributed by atoms with Gasteiger partial charge in [-0.2, -0.15) is 0 Å². The minimum Gasteiger partial charge on any atom is -0.453 e. The topological polar surface area (TPSA) is 22.4 Å². The maximum atomic E-state index is 6.59. The SMILES string of the molecule is CC1c2cc(-c3cccc(-c4ccc5c6ccccc6c6ccccc6c5c4)c3)ccc2Oc2c1ccc1c2oc2ccccc21. The molecule has 0 aliphatic carbocycles. The van der Waals surface area contributed by atoms with Gasteiger partial charge in [0.1, 0.15) is 11.3 Å². The normalized spacial score (nSPS) is 14.2. The Balaban J connectivity index is 1.06. The van der Waals surface area contributed by atoms with Crippen molar-refractivity contribution in [1.82, 2.24) is 0 Å². The van der Waals surface area contributed by atoms with E-state index in [2.05, 4.69) is 140 Å². The molecule has 2 heterocycles. The summed E-state index contributed by atoms with van der Waals surface area (Å²) in [7, 11) is 0.